The second-order valence-electron chi connectivity index (χ2n) is 4.96. The largest absolute Gasteiger partial charge is 0.494 e. The third-order valence-corrected chi connectivity index (χ3v) is 3.21. The van der Waals surface area contributed by atoms with Crippen LogP contribution in [0.2, 0.25) is 0 Å². The van der Waals surface area contributed by atoms with Gasteiger partial charge in [0.1, 0.15) is 24.7 Å². The third-order valence-electron chi connectivity index (χ3n) is 3.21. The van der Waals surface area contributed by atoms with E-state index in [4.69, 9.17) is 18.9 Å². The molecule has 5 heteroatoms. The van der Waals surface area contributed by atoms with E-state index in [0.29, 0.717) is 19.8 Å². The maximum Gasteiger partial charge on any atom is 0.330 e. The average molecular weight is 318 g/mol. The molecule has 1 atom stereocenters. The zero-order chi connectivity index (χ0) is 16.7. The summed E-state index contributed by atoms with van der Waals surface area (Å²) in [5.74, 6) is 1.23. The van der Waals surface area contributed by atoms with E-state index in [2.05, 4.69) is 0 Å². The minimum atomic E-state index is -0.366. The molecule has 0 unspecified atom stereocenters. The number of hydrogen-bond acceptors (Lipinski definition) is 5. The summed E-state index contributed by atoms with van der Waals surface area (Å²) in [4.78, 5) is 11.5. The second-order valence-corrected chi connectivity index (χ2v) is 4.96. The van der Waals surface area contributed by atoms with E-state index < -0.39 is 0 Å². The van der Waals surface area contributed by atoms with Crippen molar-refractivity contribution in [3.63, 3.8) is 0 Å². The Morgan fingerprint density at radius 3 is 2.78 bits per heavy atom. The maximum atomic E-state index is 11.5. The molecular formula is C18H22O5. The Labute approximate surface area is 136 Å². The van der Waals surface area contributed by atoms with E-state index in [9.17, 15) is 4.79 Å². The summed E-state index contributed by atoms with van der Waals surface area (Å²) in [6.07, 6.45) is 4.56. The zero-order valence-corrected chi connectivity index (χ0v) is 13.7. The highest BCUT2D eigenvalue weighted by Gasteiger charge is 2.16. The van der Waals surface area contributed by atoms with Gasteiger partial charge in [0.15, 0.2) is 5.76 Å². The van der Waals surface area contributed by atoms with Crippen LogP contribution >= 0.6 is 0 Å². The molecule has 1 aromatic carbocycles. The fourth-order valence-corrected chi connectivity index (χ4v) is 2.02. The van der Waals surface area contributed by atoms with Crippen molar-refractivity contribution in [3.05, 3.63) is 47.4 Å². The van der Waals surface area contributed by atoms with Crippen molar-refractivity contribution < 1.29 is 23.7 Å². The van der Waals surface area contributed by atoms with Crippen LogP contribution in [0.1, 0.15) is 38.0 Å². The first-order valence-corrected chi connectivity index (χ1v) is 7.73. The molecule has 0 aromatic heterocycles. The summed E-state index contributed by atoms with van der Waals surface area (Å²) in [6, 6.07) is 5.69. The fourth-order valence-electron chi connectivity index (χ4n) is 2.02. The van der Waals surface area contributed by atoms with Crippen LogP contribution in [0.25, 0.3) is 6.08 Å². The van der Waals surface area contributed by atoms with Gasteiger partial charge in [-0.1, -0.05) is 6.07 Å². The molecule has 124 valence electrons. The molecule has 1 aromatic rings. The fraction of sp³-hybridized carbons (Fsp3) is 0.389. The van der Waals surface area contributed by atoms with Gasteiger partial charge in [-0.25, -0.2) is 4.79 Å². The highest BCUT2D eigenvalue weighted by molar-refractivity contribution is 5.87. The van der Waals surface area contributed by atoms with Crippen molar-refractivity contribution in [2.75, 3.05) is 19.8 Å². The van der Waals surface area contributed by atoms with Gasteiger partial charge in [-0.2, -0.15) is 0 Å². The first-order chi connectivity index (χ1) is 11.1. The van der Waals surface area contributed by atoms with Crippen molar-refractivity contribution >= 4 is 12.0 Å². The molecule has 0 aliphatic carbocycles. The zero-order valence-electron chi connectivity index (χ0n) is 13.7. The highest BCUT2D eigenvalue weighted by atomic mass is 16.6. The topological polar surface area (TPSA) is 57.3 Å². The Bertz CT molecular complexity index is 597. The smallest absolute Gasteiger partial charge is 0.330 e. The summed E-state index contributed by atoms with van der Waals surface area (Å²) >= 11 is 0. The summed E-state index contributed by atoms with van der Waals surface area (Å²) in [6.45, 7) is 7.21. The Hall–Kier alpha value is -2.43. The molecule has 1 aliphatic rings. The van der Waals surface area contributed by atoms with Gasteiger partial charge in [0, 0.05) is 11.6 Å². The number of ether oxygens (including phenoxy) is 4. The van der Waals surface area contributed by atoms with Crippen molar-refractivity contribution in [2.45, 2.75) is 26.9 Å². The normalized spacial score (nSPS) is 16.0. The molecular weight excluding hydrogens is 296 g/mol. The molecule has 1 heterocycles. The lowest BCUT2D eigenvalue weighted by atomic mass is 10.0. The van der Waals surface area contributed by atoms with Crippen molar-refractivity contribution in [1.82, 2.24) is 0 Å². The van der Waals surface area contributed by atoms with Crippen molar-refractivity contribution in [2.24, 2.45) is 0 Å². The number of esters is 1. The van der Waals surface area contributed by atoms with Gasteiger partial charge >= 0.3 is 5.97 Å². The Morgan fingerprint density at radius 2 is 2.13 bits per heavy atom. The molecule has 1 fully saturated rings. The van der Waals surface area contributed by atoms with Crippen LogP contribution in [-0.2, 0) is 19.0 Å². The van der Waals surface area contributed by atoms with E-state index >= 15 is 0 Å². The van der Waals surface area contributed by atoms with E-state index in [1.807, 2.05) is 32.0 Å². The monoisotopic (exact) mass is 318 g/mol. The lowest BCUT2D eigenvalue weighted by Crippen LogP contribution is -2.02. The molecule has 2 rings (SSSR count). The minimum Gasteiger partial charge on any atom is -0.494 e. The van der Waals surface area contributed by atoms with Crippen LogP contribution in [0, 0.1) is 0 Å². The number of epoxide rings is 1. The van der Waals surface area contributed by atoms with Crippen molar-refractivity contribution in [1.29, 1.82) is 0 Å². The van der Waals surface area contributed by atoms with Gasteiger partial charge in [-0.05, 0) is 44.5 Å². The van der Waals surface area contributed by atoms with Gasteiger partial charge in [-0.3, -0.25) is 0 Å². The lowest BCUT2D eigenvalue weighted by molar-refractivity contribution is -0.137. The Balaban J connectivity index is 2.20. The van der Waals surface area contributed by atoms with Crippen LogP contribution < -0.4 is 4.74 Å². The molecule has 1 saturated heterocycles. The number of benzene rings is 1. The Morgan fingerprint density at radius 1 is 1.35 bits per heavy atom. The lowest BCUT2D eigenvalue weighted by Gasteiger charge is -2.16. The predicted octanol–water partition coefficient (Wildman–Crippen LogP) is 3.61. The first-order valence-electron chi connectivity index (χ1n) is 7.73. The highest BCUT2D eigenvalue weighted by Crippen LogP contribution is 2.28. The summed E-state index contributed by atoms with van der Waals surface area (Å²) in [5.41, 5.74) is 1.80. The third kappa shape index (κ3) is 5.36. The van der Waals surface area contributed by atoms with Gasteiger partial charge in [0.25, 0.3) is 0 Å². The quantitative estimate of drug-likeness (QED) is 0.317. The van der Waals surface area contributed by atoms with Crippen LogP contribution in [-0.4, -0.2) is 25.8 Å². The van der Waals surface area contributed by atoms with Crippen molar-refractivity contribution in [3.8, 4) is 5.75 Å². The van der Waals surface area contributed by atoms with Crippen LogP contribution in [0.5, 0.6) is 5.75 Å². The van der Waals surface area contributed by atoms with Gasteiger partial charge < -0.3 is 18.9 Å². The van der Waals surface area contributed by atoms with E-state index in [1.165, 1.54) is 6.08 Å². The second kappa shape index (κ2) is 8.27. The molecule has 0 saturated carbocycles. The molecule has 1 aliphatic heterocycles. The maximum absolute atomic E-state index is 11.5. The van der Waals surface area contributed by atoms with E-state index in [1.54, 1.807) is 19.3 Å². The first kappa shape index (κ1) is 16.9. The molecule has 0 spiro atoms. The Kier molecular flexibility index (Phi) is 6.09. The van der Waals surface area contributed by atoms with Gasteiger partial charge in [-0.15, -0.1) is 0 Å². The number of carbonyl (C=O) groups is 1. The summed E-state index contributed by atoms with van der Waals surface area (Å²) < 4.78 is 21.2. The van der Waals surface area contributed by atoms with E-state index in [0.717, 1.165) is 22.6 Å². The molecule has 5 nitrogen and oxygen atoms in total. The molecule has 0 amide bonds. The number of rotatable bonds is 8. The molecule has 0 radical (unpaired) electrons. The van der Waals surface area contributed by atoms with E-state index in [-0.39, 0.29) is 12.1 Å². The van der Waals surface area contributed by atoms with Crippen LogP contribution in [0.15, 0.2) is 36.3 Å². The summed E-state index contributed by atoms with van der Waals surface area (Å²) in [5, 5.41) is 0. The van der Waals surface area contributed by atoms with Crippen LogP contribution in [0.4, 0.5) is 0 Å². The molecule has 23 heavy (non-hydrogen) atoms. The van der Waals surface area contributed by atoms with Crippen LogP contribution in [0.3, 0.4) is 0 Å². The van der Waals surface area contributed by atoms with Gasteiger partial charge in [0.2, 0.25) is 0 Å². The predicted molar refractivity (Wildman–Crippen MR) is 86.8 cm³/mol. The molecule has 0 N–H and O–H groups in total. The molecule has 0 bridgehead atoms. The number of hydrogen-bond donors (Lipinski definition) is 0. The van der Waals surface area contributed by atoms with Gasteiger partial charge in [0.05, 0.1) is 13.2 Å². The minimum absolute atomic E-state index is 0.200. The summed E-state index contributed by atoms with van der Waals surface area (Å²) in [7, 11) is 0. The number of carbonyl (C=O) groups excluding carboxylic acids is 1. The standard InChI is InChI=1S/C18H22O5/c1-4-20-15-8-6-14(7-9-18(19)21-5-2)17(10-15)13(3)22-11-16-12-23-16/h6-11,13H,4-5,12H2,1-3H3/b9-7+,16-11-/t13-/m1/s1. The average Bonchev–Trinajstić information content (AvgIpc) is 3.36. The SMILES string of the molecule is CCOC(=O)/C=C/c1ccc(OCC)cc1[C@@H](C)O/C=C1/CO1.